The van der Waals surface area contributed by atoms with Crippen LogP contribution in [-0.4, -0.2) is 15.6 Å². The summed E-state index contributed by atoms with van der Waals surface area (Å²) in [4.78, 5) is 24.5. The molecule has 0 unspecified atom stereocenters. The van der Waals surface area contributed by atoms with E-state index in [0.29, 0.717) is 22.2 Å². The molecule has 0 bridgehead atoms. The molecule has 110 valence electrons. The number of carboxylic acid groups (broad SMARTS) is 1. The number of carbonyl (C=O) groups is 1. The van der Waals surface area contributed by atoms with Gasteiger partial charge in [0, 0.05) is 22.2 Å². The van der Waals surface area contributed by atoms with Gasteiger partial charge in [-0.3, -0.25) is 9.36 Å². The van der Waals surface area contributed by atoms with E-state index in [4.69, 9.17) is 0 Å². The Bertz CT molecular complexity index is 940. The van der Waals surface area contributed by atoms with Crippen molar-refractivity contribution in [1.29, 1.82) is 0 Å². The molecule has 3 aromatic rings. The Morgan fingerprint density at radius 2 is 1.68 bits per heavy atom. The van der Waals surface area contributed by atoms with E-state index >= 15 is 0 Å². The van der Waals surface area contributed by atoms with Crippen molar-refractivity contribution in [3.63, 3.8) is 0 Å². The highest BCUT2D eigenvalue weighted by molar-refractivity contribution is 6.04. The second-order valence-corrected chi connectivity index (χ2v) is 5.29. The van der Waals surface area contributed by atoms with E-state index < -0.39 is 5.97 Å². The molecule has 0 aliphatic rings. The standard InChI is InChI=1S/C18H15NO3/c1-11-8-9-14-15(10-11)16(18(21)22)12(2)19(17(14)20)13-6-4-3-5-7-13/h3-10H,1-2H3,(H,21,22). The van der Waals surface area contributed by atoms with Crippen LogP contribution in [0.25, 0.3) is 16.5 Å². The van der Waals surface area contributed by atoms with Crippen molar-refractivity contribution in [1.82, 2.24) is 4.57 Å². The molecule has 4 nitrogen and oxygen atoms in total. The zero-order chi connectivity index (χ0) is 15.9. The number of aromatic carboxylic acids is 1. The number of aromatic nitrogens is 1. The first-order valence-corrected chi connectivity index (χ1v) is 6.95. The lowest BCUT2D eigenvalue weighted by molar-refractivity contribution is 0.0697. The van der Waals surface area contributed by atoms with Gasteiger partial charge in [-0.05, 0) is 32.0 Å². The van der Waals surface area contributed by atoms with Crippen LogP contribution in [-0.2, 0) is 0 Å². The molecule has 0 amide bonds. The molecule has 0 saturated heterocycles. The zero-order valence-electron chi connectivity index (χ0n) is 12.3. The summed E-state index contributed by atoms with van der Waals surface area (Å²) in [5, 5.41) is 10.5. The van der Waals surface area contributed by atoms with Gasteiger partial charge in [-0.2, -0.15) is 0 Å². The first-order valence-electron chi connectivity index (χ1n) is 6.95. The number of rotatable bonds is 2. The Labute approximate surface area is 127 Å². The zero-order valence-corrected chi connectivity index (χ0v) is 12.3. The van der Waals surface area contributed by atoms with Crippen LogP contribution >= 0.6 is 0 Å². The van der Waals surface area contributed by atoms with Crippen molar-refractivity contribution in [2.45, 2.75) is 13.8 Å². The van der Waals surface area contributed by atoms with Gasteiger partial charge in [-0.15, -0.1) is 0 Å². The molecule has 0 aliphatic heterocycles. The van der Waals surface area contributed by atoms with E-state index in [1.165, 1.54) is 4.57 Å². The number of hydrogen-bond acceptors (Lipinski definition) is 2. The van der Waals surface area contributed by atoms with E-state index in [1.54, 1.807) is 31.2 Å². The SMILES string of the molecule is Cc1ccc2c(=O)n(-c3ccccc3)c(C)c(C(=O)O)c2c1. The highest BCUT2D eigenvalue weighted by atomic mass is 16.4. The van der Waals surface area contributed by atoms with E-state index in [-0.39, 0.29) is 11.1 Å². The first-order chi connectivity index (χ1) is 10.5. The lowest BCUT2D eigenvalue weighted by atomic mass is 10.0. The minimum atomic E-state index is -1.03. The summed E-state index contributed by atoms with van der Waals surface area (Å²) in [5.41, 5.74) is 1.98. The fraction of sp³-hybridized carbons (Fsp3) is 0.111. The van der Waals surface area contributed by atoms with Crippen LogP contribution in [0.2, 0.25) is 0 Å². The van der Waals surface area contributed by atoms with Gasteiger partial charge < -0.3 is 5.11 Å². The van der Waals surface area contributed by atoms with Crippen molar-refractivity contribution in [2.75, 3.05) is 0 Å². The van der Waals surface area contributed by atoms with Gasteiger partial charge >= 0.3 is 5.97 Å². The molecule has 4 heteroatoms. The second kappa shape index (κ2) is 5.15. The third-order valence-electron chi connectivity index (χ3n) is 3.80. The van der Waals surface area contributed by atoms with Crippen molar-refractivity contribution >= 4 is 16.7 Å². The maximum Gasteiger partial charge on any atom is 0.338 e. The summed E-state index contributed by atoms with van der Waals surface area (Å²) in [7, 11) is 0. The van der Waals surface area contributed by atoms with Crippen molar-refractivity contribution < 1.29 is 9.90 Å². The summed E-state index contributed by atoms with van der Waals surface area (Å²) in [5.74, 6) is -1.03. The van der Waals surface area contributed by atoms with Gasteiger partial charge in [0.15, 0.2) is 0 Å². The maximum absolute atomic E-state index is 12.8. The van der Waals surface area contributed by atoms with Crippen LogP contribution in [0.1, 0.15) is 21.6 Å². The Balaban J connectivity index is 2.53. The Kier molecular flexibility index (Phi) is 3.29. The summed E-state index contributed by atoms with van der Waals surface area (Å²) < 4.78 is 1.46. The average molecular weight is 293 g/mol. The number of para-hydroxylation sites is 1. The summed E-state index contributed by atoms with van der Waals surface area (Å²) in [6.45, 7) is 3.54. The summed E-state index contributed by atoms with van der Waals surface area (Å²) in [6.07, 6.45) is 0. The summed E-state index contributed by atoms with van der Waals surface area (Å²) in [6, 6.07) is 14.3. The number of carboxylic acids is 1. The van der Waals surface area contributed by atoms with Crippen LogP contribution in [0.4, 0.5) is 0 Å². The predicted molar refractivity (Wildman–Crippen MR) is 86.0 cm³/mol. The molecule has 22 heavy (non-hydrogen) atoms. The molecule has 0 aliphatic carbocycles. The monoisotopic (exact) mass is 293 g/mol. The van der Waals surface area contributed by atoms with Crippen molar-refractivity contribution in [2.24, 2.45) is 0 Å². The number of benzene rings is 2. The normalized spacial score (nSPS) is 10.8. The van der Waals surface area contributed by atoms with Gasteiger partial charge in [-0.1, -0.05) is 35.9 Å². The predicted octanol–water partition coefficient (Wildman–Crippen LogP) is 3.31. The van der Waals surface area contributed by atoms with E-state index in [9.17, 15) is 14.7 Å². The number of hydrogen-bond donors (Lipinski definition) is 1. The van der Waals surface area contributed by atoms with E-state index in [1.807, 2.05) is 31.2 Å². The quantitative estimate of drug-likeness (QED) is 0.788. The molecule has 0 saturated carbocycles. The van der Waals surface area contributed by atoms with Gasteiger partial charge in [0.1, 0.15) is 0 Å². The smallest absolute Gasteiger partial charge is 0.338 e. The molecule has 1 heterocycles. The topological polar surface area (TPSA) is 59.3 Å². The average Bonchev–Trinajstić information content (AvgIpc) is 2.47. The maximum atomic E-state index is 12.8. The third kappa shape index (κ3) is 2.09. The van der Waals surface area contributed by atoms with Gasteiger partial charge in [0.05, 0.1) is 5.56 Å². The molecule has 1 N–H and O–H groups in total. The van der Waals surface area contributed by atoms with Crippen LogP contribution in [0.15, 0.2) is 53.3 Å². The fourth-order valence-corrected chi connectivity index (χ4v) is 2.79. The highest BCUT2D eigenvalue weighted by Gasteiger charge is 2.19. The van der Waals surface area contributed by atoms with Crippen LogP contribution in [0.5, 0.6) is 0 Å². The van der Waals surface area contributed by atoms with E-state index in [2.05, 4.69) is 0 Å². The molecule has 3 rings (SSSR count). The molecule has 1 aromatic heterocycles. The first kappa shape index (κ1) is 14.1. The van der Waals surface area contributed by atoms with Crippen LogP contribution in [0.3, 0.4) is 0 Å². The molecule has 0 atom stereocenters. The molecule has 0 radical (unpaired) electrons. The van der Waals surface area contributed by atoms with Crippen LogP contribution in [0, 0.1) is 13.8 Å². The Hall–Kier alpha value is -2.88. The number of aryl methyl sites for hydroxylation is 1. The van der Waals surface area contributed by atoms with E-state index in [0.717, 1.165) is 5.56 Å². The minimum absolute atomic E-state index is 0.169. The third-order valence-corrected chi connectivity index (χ3v) is 3.80. The number of fused-ring (bicyclic) bond motifs is 1. The van der Waals surface area contributed by atoms with Gasteiger partial charge in [-0.25, -0.2) is 4.79 Å². The Morgan fingerprint density at radius 3 is 2.32 bits per heavy atom. The van der Waals surface area contributed by atoms with Crippen molar-refractivity contribution in [3.05, 3.63) is 75.7 Å². The number of nitrogens with zero attached hydrogens (tertiary/aromatic N) is 1. The van der Waals surface area contributed by atoms with Crippen molar-refractivity contribution in [3.8, 4) is 5.69 Å². The fourth-order valence-electron chi connectivity index (χ4n) is 2.79. The molecular formula is C18H15NO3. The molecule has 0 spiro atoms. The number of pyridine rings is 1. The molecular weight excluding hydrogens is 278 g/mol. The lowest BCUT2D eigenvalue weighted by Crippen LogP contribution is -2.24. The minimum Gasteiger partial charge on any atom is -0.478 e. The molecule has 0 fully saturated rings. The highest BCUT2D eigenvalue weighted by Crippen LogP contribution is 2.23. The molecule has 2 aromatic carbocycles. The Morgan fingerprint density at radius 1 is 1.00 bits per heavy atom. The summed E-state index contributed by atoms with van der Waals surface area (Å²) >= 11 is 0. The van der Waals surface area contributed by atoms with Crippen LogP contribution < -0.4 is 5.56 Å². The lowest BCUT2D eigenvalue weighted by Gasteiger charge is -2.15. The largest absolute Gasteiger partial charge is 0.478 e. The van der Waals surface area contributed by atoms with Gasteiger partial charge in [0.25, 0.3) is 5.56 Å². The second-order valence-electron chi connectivity index (χ2n) is 5.29. The van der Waals surface area contributed by atoms with Gasteiger partial charge in [0.2, 0.25) is 0 Å².